The number of hydrogen-bond acceptors (Lipinski definition) is 6. The topological polar surface area (TPSA) is 64.1 Å². The average Bonchev–Trinajstić information content (AvgIpc) is 3.10. The number of benzene rings is 1. The Morgan fingerprint density at radius 3 is 2.59 bits per heavy atom. The smallest absolute Gasteiger partial charge is 0.278 e. The molecule has 112 valence electrons. The number of thiazole rings is 2. The first-order chi connectivity index (χ1) is 10.6. The highest BCUT2D eigenvalue weighted by atomic mass is 32.1. The van der Waals surface area contributed by atoms with E-state index in [4.69, 9.17) is 4.74 Å². The van der Waals surface area contributed by atoms with E-state index < -0.39 is 0 Å². The summed E-state index contributed by atoms with van der Waals surface area (Å²) in [7, 11) is 0. The van der Waals surface area contributed by atoms with Gasteiger partial charge in [0.1, 0.15) is 5.75 Å². The molecule has 1 aromatic carbocycles. The van der Waals surface area contributed by atoms with Crippen LogP contribution in [-0.2, 0) is 0 Å². The molecule has 0 aliphatic heterocycles. The molecule has 0 aliphatic carbocycles. The molecule has 2 heterocycles. The number of rotatable bonds is 4. The molecule has 22 heavy (non-hydrogen) atoms. The summed E-state index contributed by atoms with van der Waals surface area (Å²) in [4.78, 5) is 21.6. The molecule has 0 saturated heterocycles. The number of nitrogens with one attached hydrogen (secondary N) is 1. The largest absolute Gasteiger partial charge is 0.431 e. The summed E-state index contributed by atoms with van der Waals surface area (Å²) in [5.74, 6) is 0.460. The summed E-state index contributed by atoms with van der Waals surface area (Å²) in [5.41, 5.74) is 1.49. The van der Waals surface area contributed by atoms with Crippen molar-refractivity contribution in [2.24, 2.45) is 0 Å². The first kappa shape index (κ1) is 14.7. The van der Waals surface area contributed by atoms with Gasteiger partial charge >= 0.3 is 0 Å². The maximum Gasteiger partial charge on any atom is 0.278 e. The van der Waals surface area contributed by atoms with Crippen molar-refractivity contribution in [1.29, 1.82) is 0 Å². The van der Waals surface area contributed by atoms with E-state index in [1.165, 1.54) is 22.7 Å². The molecule has 3 rings (SSSR count). The number of carbonyl (C=O) groups is 1. The molecule has 1 amide bonds. The van der Waals surface area contributed by atoms with Gasteiger partial charge in [-0.15, -0.1) is 11.3 Å². The highest BCUT2D eigenvalue weighted by Gasteiger charge is 2.10. The van der Waals surface area contributed by atoms with Gasteiger partial charge in [0.15, 0.2) is 5.13 Å². The molecule has 0 bridgehead atoms. The molecule has 3 aromatic rings. The summed E-state index contributed by atoms with van der Waals surface area (Å²) >= 11 is 2.88. The zero-order valence-corrected chi connectivity index (χ0v) is 13.6. The fourth-order valence-corrected chi connectivity index (χ4v) is 3.05. The number of anilines is 1. The van der Waals surface area contributed by atoms with Crippen molar-refractivity contribution in [2.45, 2.75) is 13.8 Å². The monoisotopic (exact) mass is 331 g/mol. The Morgan fingerprint density at radius 1 is 1.23 bits per heavy atom. The van der Waals surface area contributed by atoms with Crippen molar-refractivity contribution in [1.82, 2.24) is 9.97 Å². The first-order valence-electron chi connectivity index (χ1n) is 6.54. The zero-order chi connectivity index (χ0) is 15.5. The van der Waals surface area contributed by atoms with Gasteiger partial charge < -0.3 is 4.74 Å². The lowest BCUT2D eigenvalue weighted by Crippen LogP contribution is -2.11. The van der Waals surface area contributed by atoms with E-state index in [0.29, 0.717) is 21.6 Å². The molecule has 0 aliphatic rings. The van der Waals surface area contributed by atoms with E-state index in [-0.39, 0.29) is 5.91 Å². The summed E-state index contributed by atoms with van der Waals surface area (Å²) in [6.07, 6.45) is 1.68. The van der Waals surface area contributed by atoms with Crippen molar-refractivity contribution in [3.05, 3.63) is 52.0 Å². The second-order valence-corrected chi connectivity index (χ2v) is 6.60. The minimum Gasteiger partial charge on any atom is -0.431 e. The lowest BCUT2D eigenvalue weighted by molar-refractivity contribution is 0.102. The molecule has 0 spiro atoms. The number of carbonyl (C=O) groups excluding carboxylic acids is 1. The Morgan fingerprint density at radius 2 is 2.00 bits per heavy atom. The first-order valence-corrected chi connectivity index (χ1v) is 8.24. The SMILES string of the molecule is Cc1nc(NC(=O)c2ccc(Oc3nccs3)cc2)sc1C. The van der Waals surface area contributed by atoms with E-state index in [1.807, 2.05) is 19.2 Å². The Hall–Kier alpha value is -2.25. The molecule has 0 atom stereocenters. The van der Waals surface area contributed by atoms with Gasteiger partial charge in [0.2, 0.25) is 0 Å². The Kier molecular flexibility index (Phi) is 4.17. The quantitative estimate of drug-likeness (QED) is 0.776. The van der Waals surface area contributed by atoms with Crippen LogP contribution in [0.25, 0.3) is 0 Å². The summed E-state index contributed by atoms with van der Waals surface area (Å²) in [6.45, 7) is 3.90. The van der Waals surface area contributed by atoms with E-state index in [0.717, 1.165) is 10.6 Å². The zero-order valence-electron chi connectivity index (χ0n) is 12.0. The van der Waals surface area contributed by atoms with Crippen molar-refractivity contribution in [2.75, 3.05) is 5.32 Å². The van der Waals surface area contributed by atoms with Gasteiger partial charge in [-0.2, -0.15) is 0 Å². The van der Waals surface area contributed by atoms with E-state index >= 15 is 0 Å². The van der Waals surface area contributed by atoms with E-state index in [1.54, 1.807) is 30.5 Å². The molecule has 7 heteroatoms. The van der Waals surface area contributed by atoms with E-state index in [9.17, 15) is 4.79 Å². The highest BCUT2D eigenvalue weighted by molar-refractivity contribution is 7.15. The molecular weight excluding hydrogens is 318 g/mol. The van der Waals surface area contributed by atoms with Crippen LogP contribution >= 0.6 is 22.7 Å². The maximum atomic E-state index is 12.2. The third-order valence-corrected chi connectivity index (χ3v) is 4.62. The predicted molar refractivity (Wildman–Crippen MR) is 88.2 cm³/mol. The third kappa shape index (κ3) is 3.32. The van der Waals surface area contributed by atoms with Crippen LogP contribution in [0, 0.1) is 13.8 Å². The molecular formula is C15H13N3O2S2. The molecule has 0 radical (unpaired) electrons. The van der Waals surface area contributed by atoms with Gasteiger partial charge in [-0.25, -0.2) is 9.97 Å². The van der Waals surface area contributed by atoms with Crippen LogP contribution in [0.5, 0.6) is 10.9 Å². The normalized spacial score (nSPS) is 10.5. The summed E-state index contributed by atoms with van der Waals surface area (Å²) < 4.78 is 5.56. The van der Waals surface area contributed by atoms with Crippen molar-refractivity contribution in [3.63, 3.8) is 0 Å². The van der Waals surface area contributed by atoms with Gasteiger partial charge in [-0.1, -0.05) is 11.3 Å². The maximum absolute atomic E-state index is 12.2. The second kappa shape index (κ2) is 6.25. The number of hydrogen-bond donors (Lipinski definition) is 1. The van der Waals surface area contributed by atoms with E-state index in [2.05, 4.69) is 15.3 Å². The Labute approximate surface area is 135 Å². The predicted octanol–water partition coefficient (Wildman–Crippen LogP) is 4.26. The molecule has 0 fully saturated rings. The summed E-state index contributed by atoms with van der Waals surface area (Å²) in [5, 5.41) is 5.83. The van der Waals surface area contributed by atoms with Crippen molar-refractivity contribution < 1.29 is 9.53 Å². The summed E-state index contributed by atoms with van der Waals surface area (Å²) in [6, 6.07) is 6.92. The molecule has 1 N–H and O–H groups in total. The molecule has 0 unspecified atom stereocenters. The average molecular weight is 331 g/mol. The Bertz CT molecular complexity index is 760. The van der Waals surface area contributed by atoms with Crippen molar-refractivity contribution in [3.8, 4) is 10.9 Å². The lowest BCUT2D eigenvalue weighted by atomic mass is 10.2. The number of aromatic nitrogens is 2. The number of aryl methyl sites for hydroxylation is 2. The van der Waals surface area contributed by atoms with Crippen molar-refractivity contribution >= 4 is 33.7 Å². The van der Waals surface area contributed by atoms with Crippen LogP contribution in [0.3, 0.4) is 0 Å². The number of amides is 1. The van der Waals surface area contributed by atoms with Gasteiger partial charge in [-0.05, 0) is 38.1 Å². The van der Waals surface area contributed by atoms with Crippen LogP contribution in [-0.4, -0.2) is 15.9 Å². The van der Waals surface area contributed by atoms with Crippen LogP contribution in [0.1, 0.15) is 20.9 Å². The molecule has 2 aromatic heterocycles. The standard InChI is InChI=1S/C15H13N3O2S2/c1-9-10(2)22-14(17-9)18-13(19)11-3-5-12(6-4-11)20-15-16-7-8-21-15/h3-8H,1-2H3,(H,17,18,19). The molecule has 5 nitrogen and oxygen atoms in total. The fourth-order valence-electron chi connectivity index (χ4n) is 1.73. The van der Waals surface area contributed by atoms with Gasteiger partial charge in [0, 0.05) is 22.0 Å². The second-order valence-electron chi connectivity index (χ2n) is 4.54. The highest BCUT2D eigenvalue weighted by Crippen LogP contribution is 2.24. The minimum atomic E-state index is -0.186. The van der Waals surface area contributed by atoms with Gasteiger partial charge in [-0.3, -0.25) is 10.1 Å². The number of nitrogens with zero attached hydrogens (tertiary/aromatic N) is 2. The lowest BCUT2D eigenvalue weighted by Gasteiger charge is -2.04. The molecule has 0 saturated carbocycles. The van der Waals surface area contributed by atoms with Crippen LogP contribution in [0.2, 0.25) is 0 Å². The van der Waals surface area contributed by atoms with Crippen LogP contribution in [0.15, 0.2) is 35.8 Å². The van der Waals surface area contributed by atoms with Crippen LogP contribution < -0.4 is 10.1 Å². The third-order valence-electron chi connectivity index (χ3n) is 2.98. The van der Waals surface area contributed by atoms with Gasteiger partial charge in [0.25, 0.3) is 11.1 Å². The minimum absolute atomic E-state index is 0.186. The van der Waals surface area contributed by atoms with Crippen LogP contribution in [0.4, 0.5) is 5.13 Å². The Balaban J connectivity index is 1.68. The van der Waals surface area contributed by atoms with Gasteiger partial charge in [0.05, 0.1) is 5.69 Å². The number of ether oxygens (including phenoxy) is 1. The fraction of sp³-hybridized carbons (Fsp3) is 0.133.